The minimum Gasteiger partial charge on any atom is -0.479 e. The lowest BCUT2D eigenvalue weighted by Gasteiger charge is -2.15. The number of ether oxygens (including phenoxy) is 3. The van der Waals surface area contributed by atoms with Crippen LogP contribution in [0.1, 0.15) is 33.1 Å². The normalized spacial score (nSPS) is 25.4. The summed E-state index contributed by atoms with van der Waals surface area (Å²) >= 11 is 0. The van der Waals surface area contributed by atoms with Crippen molar-refractivity contribution in [3.05, 3.63) is 35.3 Å². The Morgan fingerprint density at radius 1 is 1.50 bits per heavy atom. The van der Waals surface area contributed by atoms with Crippen LogP contribution < -0.4 is 0 Å². The van der Waals surface area contributed by atoms with Crippen LogP contribution in [0.15, 0.2) is 35.3 Å². The first-order valence-electron chi connectivity index (χ1n) is 6.83. The molecule has 0 N–H and O–H groups in total. The van der Waals surface area contributed by atoms with Gasteiger partial charge in [-0.3, -0.25) is 0 Å². The highest BCUT2D eigenvalue weighted by Gasteiger charge is 2.33. The van der Waals surface area contributed by atoms with Gasteiger partial charge < -0.3 is 14.2 Å². The zero-order valence-corrected chi connectivity index (χ0v) is 11.7. The first kappa shape index (κ1) is 14.4. The van der Waals surface area contributed by atoms with Gasteiger partial charge in [-0.1, -0.05) is 13.0 Å². The molecule has 2 rings (SSSR count). The Labute approximate surface area is 117 Å². The van der Waals surface area contributed by atoms with E-state index in [0.717, 1.165) is 12.8 Å². The second-order valence-electron chi connectivity index (χ2n) is 4.49. The first-order chi connectivity index (χ1) is 9.65. The van der Waals surface area contributed by atoms with E-state index in [0.29, 0.717) is 12.0 Å². The van der Waals surface area contributed by atoms with Crippen LogP contribution in [-0.2, 0) is 23.8 Å². The van der Waals surface area contributed by atoms with E-state index in [1.54, 1.807) is 6.92 Å². The molecule has 1 atom stereocenters. The van der Waals surface area contributed by atoms with Crippen molar-refractivity contribution in [2.75, 3.05) is 6.61 Å². The molecule has 0 saturated heterocycles. The van der Waals surface area contributed by atoms with Crippen LogP contribution in [-0.4, -0.2) is 24.6 Å². The fourth-order valence-corrected chi connectivity index (χ4v) is 2.09. The van der Waals surface area contributed by atoms with E-state index < -0.39 is 11.9 Å². The minimum absolute atomic E-state index is 0.144. The van der Waals surface area contributed by atoms with Crippen LogP contribution in [0.25, 0.3) is 0 Å². The summed E-state index contributed by atoms with van der Waals surface area (Å²) in [6, 6.07) is 0. The molecule has 108 valence electrons. The molecule has 0 aliphatic carbocycles. The first-order valence-corrected chi connectivity index (χ1v) is 6.83. The average Bonchev–Trinajstić information content (AvgIpc) is 2.64. The molecule has 2 aliphatic heterocycles. The number of hydrogen-bond acceptors (Lipinski definition) is 5. The third kappa shape index (κ3) is 3.10. The van der Waals surface area contributed by atoms with Crippen molar-refractivity contribution in [1.29, 1.82) is 0 Å². The van der Waals surface area contributed by atoms with E-state index in [9.17, 15) is 9.59 Å². The SMILES string of the molecule is CCOC(=O)/C=C1\OC(=O)C2=C1CC/C=C\C(CC)O2. The molecular weight excluding hydrogens is 260 g/mol. The van der Waals surface area contributed by atoms with Gasteiger partial charge in [-0.05, 0) is 32.3 Å². The van der Waals surface area contributed by atoms with Gasteiger partial charge >= 0.3 is 11.9 Å². The third-order valence-corrected chi connectivity index (χ3v) is 3.08. The van der Waals surface area contributed by atoms with Crippen molar-refractivity contribution in [3.63, 3.8) is 0 Å². The monoisotopic (exact) mass is 278 g/mol. The molecule has 0 fully saturated rings. The summed E-state index contributed by atoms with van der Waals surface area (Å²) in [5.41, 5.74) is 0.644. The molecule has 0 bridgehead atoms. The van der Waals surface area contributed by atoms with Crippen molar-refractivity contribution in [2.24, 2.45) is 0 Å². The zero-order valence-electron chi connectivity index (χ0n) is 11.7. The Bertz CT molecular complexity index is 498. The number of hydrogen-bond donors (Lipinski definition) is 0. The number of cyclic esters (lactones) is 1. The second-order valence-corrected chi connectivity index (χ2v) is 4.49. The summed E-state index contributed by atoms with van der Waals surface area (Å²) < 4.78 is 15.6. The fourth-order valence-electron chi connectivity index (χ4n) is 2.09. The van der Waals surface area contributed by atoms with Gasteiger partial charge in [0.05, 0.1) is 12.7 Å². The molecule has 2 heterocycles. The van der Waals surface area contributed by atoms with Crippen molar-refractivity contribution in [1.82, 2.24) is 0 Å². The highest BCUT2D eigenvalue weighted by atomic mass is 16.6. The van der Waals surface area contributed by atoms with Crippen LogP contribution in [0, 0.1) is 0 Å². The molecule has 5 nitrogen and oxygen atoms in total. The van der Waals surface area contributed by atoms with Gasteiger partial charge in [-0.25, -0.2) is 9.59 Å². The summed E-state index contributed by atoms with van der Waals surface area (Å²) in [5.74, 6) is -0.594. The van der Waals surface area contributed by atoms with E-state index >= 15 is 0 Å². The summed E-state index contributed by atoms with van der Waals surface area (Å²) in [6.07, 6.45) is 7.16. The smallest absolute Gasteiger partial charge is 0.379 e. The van der Waals surface area contributed by atoms with E-state index in [2.05, 4.69) is 0 Å². The summed E-state index contributed by atoms with van der Waals surface area (Å²) in [4.78, 5) is 23.3. The number of allylic oxidation sites excluding steroid dienone is 2. The lowest BCUT2D eigenvalue weighted by molar-refractivity contribution is -0.138. The molecule has 20 heavy (non-hydrogen) atoms. The Morgan fingerprint density at radius 3 is 3.00 bits per heavy atom. The van der Waals surface area contributed by atoms with Gasteiger partial charge in [0.25, 0.3) is 0 Å². The number of carbonyl (C=O) groups excluding carboxylic acids is 2. The Hall–Kier alpha value is -2.04. The summed E-state index contributed by atoms with van der Waals surface area (Å²) in [7, 11) is 0. The maximum absolute atomic E-state index is 11.9. The van der Waals surface area contributed by atoms with Crippen LogP contribution in [0.3, 0.4) is 0 Å². The summed E-state index contributed by atoms with van der Waals surface area (Å²) in [6.45, 7) is 3.98. The van der Waals surface area contributed by atoms with Crippen LogP contribution in [0.5, 0.6) is 0 Å². The lowest BCUT2D eigenvalue weighted by atomic mass is 10.1. The predicted molar refractivity (Wildman–Crippen MR) is 71.4 cm³/mol. The van der Waals surface area contributed by atoms with Crippen molar-refractivity contribution < 1.29 is 23.8 Å². The van der Waals surface area contributed by atoms with E-state index in [4.69, 9.17) is 14.2 Å². The summed E-state index contributed by atoms with van der Waals surface area (Å²) in [5, 5.41) is 0. The van der Waals surface area contributed by atoms with Gasteiger partial charge in [0.15, 0.2) is 0 Å². The quantitative estimate of drug-likeness (QED) is 0.450. The number of esters is 2. The highest BCUT2D eigenvalue weighted by Crippen LogP contribution is 2.33. The Morgan fingerprint density at radius 2 is 2.30 bits per heavy atom. The molecule has 0 aromatic heterocycles. The van der Waals surface area contributed by atoms with E-state index in [1.807, 2.05) is 19.1 Å². The van der Waals surface area contributed by atoms with E-state index in [-0.39, 0.29) is 24.2 Å². The highest BCUT2D eigenvalue weighted by molar-refractivity contribution is 5.94. The van der Waals surface area contributed by atoms with Crippen molar-refractivity contribution in [3.8, 4) is 0 Å². The standard InChI is InChI=1S/C15H18O5/c1-3-10-7-5-6-8-11-12(9-13(16)18-4-2)20-15(17)14(11)19-10/h5,7,9-10H,3-4,6,8H2,1-2H3/b7-5-,12-9-. The second kappa shape index (κ2) is 6.41. The van der Waals surface area contributed by atoms with Gasteiger partial charge in [-0.15, -0.1) is 0 Å². The van der Waals surface area contributed by atoms with Gasteiger partial charge in [0.2, 0.25) is 5.76 Å². The molecule has 0 saturated carbocycles. The van der Waals surface area contributed by atoms with Crippen LogP contribution in [0.4, 0.5) is 0 Å². The number of carbonyl (C=O) groups is 2. The van der Waals surface area contributed by atoms with Gasteiger partial charge in [0.1, 0.15) is 11.9 Å². The predicted octanol–water partition coefficient (Wildman–Crippen LogP) is 2.39. The molecule has 0 spiro atoms. The zero-order chi connectivity index (χ0) is 14.5. The molecule has 0 aromatic rings. The molecule has 1 unspecified atom stereocenters. The molecule has 0 amide bonds. The minimum atomic E-state index is -0.538. The maximum atomic E-state index is 11.9. The Balaban J connectivity index is 2.27. The molecular formula is C15H18O5. The Kier molecular flexibility index (Phi) is 4.61. The van der Waals surface area contributed by atoms with Crippen molar-refractivity contribution >= 4 is 11.9 Å². The molecule has 0 aromatic carbocycles. The topological polar surface area (TPSA) is 61.8 Å². The van der Waals surface area contributed by atoms with Crippen LogP contribution >= 0.6 is 0 Å². The largest absolute Gasteiger partial charge is 0.479 e. The van der Waals surface area contributed by atoms with Gasteiger partial charge in [0, 0.05) is 5.57 Å². The molecule has 5 heteroatoms. The van der Waals surface area contributed by atoms with Crippen LogP contribution in [0.2, 0.25) is 0 Å². The molecule has 0 radical (unpaired) electrons. The fraction of sp³-hybridized carbons (Fsp3) is 0.467. The molecule has 2 aliphatic rings. The maximum Gasteiger partial charge on any atom is 0.379 e. The van der Waals surface area contributed by atoms with Crippen molar-refractivity contribution in [2.45, 2.75) is 39.2 Å². The van der Waals surface area contributed by atoms with E-state index in [1.165, 1.54) is 6.08 Å². The number of rotatable bonds is 3. The third-order valence-electron chi connectivity index (χ3n) is 3.08. The lowest BCUT2D eigenvalue weighted by Crippen LogP contribution is -2.14. The van der Waals surface area contributed by atoms with Gasteiger partial charge in [-0.2, -0.15) is 0 Å². The average molecular weight is 278 g/mol.